The first-order chi connectivity index (χ1) is 7.95. The van der Waals surface area contributed by atoms with Gasteiger partial charge in [0.1, 0.15) is 6.10 Å². The highest BCUT2D eigenvalue weighted by molar-refractivity contribution is 5.08. The van der Waals surface area contributed by atoms with Crippen LogP contribution in [-0.4, -0.2) is 24.2 Å². The molecule has 0 spiro atoms. The van der Waals surface area contributed by atoms with Crippen molar-refractivity contribution in [1.82, 2.24) is 10.3 Å². The molecule has 1 atom stereocenters. The Bertz CT molecular complexity index is 324. The number of nitrogens with zero attached hydrogens (tertiary/aromatic N) is 1. The number of pyridine rings is 1. The Balaban J connectivity index is 1.60. The molecule has 1 N–H and O–H groups in total. The van der Waals surface area contributed by atoms with Crippen LogP contribution in [0.25, 0.3) is 0 Å². The molecule has 0 radical (unpaired) electrons. The first kappa shape index (κ1) is 11.1. The second kappa shape index (κ2) is 6.28. The Morgan fingerprint density at radius 2 is 2.50 bits per heavy atom. The first-order valence-electron chi connectivity index (χ1n) is 5.85. The summed E-state index contributed by atoms with van der Waals surface area (Å²) in [7, 11) is 0. The number of aromatic nitrogens is 1. The highest BCUT2D eigenvalue weighted by Crippen LogP contribution is 2.08. The molecular formula is C13H18N2O. The number of nitrogens with one attached hydrogen (secondary N) is 1. The first-order valence-corrected chi connectivity index (χ1v) is 5.85. The van der Waals surface area contributed by atoms with E-state index in [2.05, 4.69) is 22.4 Å². The molecule has 2 heterocycles. The van der Waals surface area contributed by atoms with Crippen molar-refractivity contribution >= 4 is 0 Å². The predicted molar refractivity (Wildman–Crippen MR) is 64.1 cm³/mol. The van der Waals surface area contributed by atoms with E-state index in [1.54, 1.807) is 6.20 Å². The molecule has 0 aromatic carbocycles. The summed E-state index contributed by atoms with van der Waals surface area (Å²) in [5.74, 6) is 0. The van der Waals surface area contributed by atoms with Gasteiger partial charge in [-0.3, -0.25) is 4.98 Å². The molecule has 1 aromatic heterocycles. The summed E-state index contributed by atoms with van der Waals surface area (Å²) in [6, 6.07) is 4.08. The number of hydrogen-bond donors (Lipinski definition) is 1. The second-order valence-electron chi connectivity index (χ2n) is 4.02. The van der Waals surface area contributed by atoms with Crippen LogP contribution < -0.4 is 5.32 Å². The van der Waals surface area contributed by atoms with Crippen molar-refractivity contribution in [3.8, 4) is 0 Å². The fourth-order valence-corrected chi connectivity index (χ4v) is 1.78. The lowest BCUT2D eigenvalue weighted by Gasteiger charge is -2.19. The van der Waals surface area contributed by atoms with Gasteiger partial charge in [-0.25, -0.2) is 0 Å². The van der Waals surface area contributed by atoms with Crippen LogP contribution in [0.2, 0.25) is 0 Å². The Morgan fingerprint density at radius 1 is 1.50 bits per heavy atom. The van der Waals surface area contributed by atoms with Crippen LogP contribution >= 0.6 is 0 Å². The highest BCUT2D eigenvalue weighted by Gasteiger charge is 2.09. The predicted octanol–water partition coefficient (Wildman–Crippen LogP) is 1.91. The van der Waals surface area contributed by atoms with E-state index in [0.29, 0.717) is 6.10 Å². The van der Waals surface area contributed by atoms with Crippen molar-refractivity contribution in [2.24, 2.45) is 0 Å². The van der Waals surface area contributed by atoms with Crippen molar-refractivity contribution in [3.05, 3.63) is 42.4 Å². The molecule has 0 saturated heterocycles. The number of allylic oxidation sites excluding steroid dienone is 1. The molecule has 3 heteroatoms. The van der Waals surface area contributed by atoms with Crippen LogP contribution in [0.1, 0.15) is 18.4 Å². The van der Waals surface area contributed by atoms with Gasteiger partial charge in [-0.15, -0.1) is 0 Å². The standard InChI is InChI=1S/C13H18N2O/c1-2-9-16-13(5-1)11-15-8-6-12-4-3-7-14-10-12/h2-4,7,9-10,13,15H,1,5-6,8,11H2. The van der Waals surface area contributed by atoms with E-state index in [4.69, 9.17) is 4.74 Å². The van der Waals surface area contributed by atoms with Crippen molar-refractivity contribution in [2.75, 3.05) is 13.1 Å². The molecule has 1 unspecified atom stereocenters. The maximum absolute atomic E-state index is 5.47. The van der Waals surface area contributed by atoms with Crippen molar-refractivity contribution in [2.45, 2.75) is 25.4 Å². The van der Waals surface area contributed by atoms with E-state index in [1.807, 2.05) is 18.5 Å². The quantitative estimate of drug-likeness (QED) is 0.766. The van der Waals surface area contributed by atoms with Gasteiger partial charge in [-0.05, 0) is 43.5 Å². The van der Waals surface area contributed by atoms with Crippen molar-refractivity contribution in [3.63, 3.8) is 0 Å². The molecule has 0 amide bonds. The Labute approximate surface area is 96.5 Å². The van der Waals surface area contributed by atoms with Gasteiger partial charge in [-0.2, -0.15) is 0 Å². The summed E-state index contributed by atoms with van der Waals surface area (Å²) >= 11 is 0. The third-order valence-corrected chi connectivity index (χ3v) is 2.71. The van der Waals surface area contributed by atoms with Gasteiger partial charge in [0, 0.05) is 18.9 Å². The molecule has 0 bridgehead atoms. The van der Waals surface area contributed by atoms with Crippen LogP contribution in [0.3, 0.4) is 0 Å². The van der Waals surface area contributed by atoms with Gasteiger partial charge in [0.2, 0.25) is 0 Å². The van der Waals surface area contributed by atoms with Gasteiger partial charge in [0.25, 0.3) is 0 Å². The lowest BCUT2D eigenvalue weighted by atomic mass is 10.1. The fourth-order valence-electron chi connectivity index (χ4n) is 1.78. The third kappa shape index (κ3) is 3.66. The SMILES string of the molecule is C1=COC(CNCCc2cccnc2)CC1. The van der Waals surface area contributed by atoms with E-state index in [9.17, 15) is 0 Å². The van der Waals surface area contributed by atoms with Gasteiger partial charge in [-0.1, -0.05) is 6.07 Å². The summed E-state index contributed by atoms with van der Waals surface area (Å²) < 4.78 is 5.47. The average Bonchev–Trinajstić information content (AvgIpc) is 2.37. The van der Waals surface area contributed by atoms with Crippen LogP contribution in [0, 0.1) is 0 Å². The number of ether oxygens (including phenoxy) is 1. The average molecular weight is 218 g/mol. The smallest absolute Gasteiger partial charge is 0.110 e. The zero-order valence-corrected chi connectivity index (χ0v) is 9.43. The summed E-state index contributed by atoms with van der Waals surface area (Å²) in [6.07, 6.45) is 11.2. The van der Waals surface area contributed by atoms with E-state index in [1.165, 1.54) is 5.56 Å². The van der Waals surface area contributed by atoms with Crippen molar-refractivity contribution in [1.29, 1.82) is 0 Å². The normalized spacial score (nSPS) is 19.4. The second-order valence-corrected chi connectivity index (χ2v) is 4.02. The zero-order valence-electron chi connectivity index (χ0n) is 9.43. The zero-order chi connectivity index (χ0) is 11.1. The molecule has 1 aliphatic rings. The number of hydrogen-bond acceptors (Lipinski definition) is 3. The van der Waals surface area contributed by atoms with Gasteiger partial charge >= 0.3 is 0 Å². The molecule has 1 aliphatic heterocycles. The maximum atomic E-state index is 5.47. The van der Waals surface area contributed by atoms with Crippen LogP contribution in [0.5, 0.6) is 0 Å². The maximum Gasteiger partial charge on any atom is 0.110 e. The van der Waals surface area contributed by atoms with E-state index < -0.39 is 0 Å². The molecule has 0 saturated carbocycles. The third-order valence-electron chi connectivity index (χ3n) is 2.71. The van der Waals surface area contributed by atoms with Crippen molar-refractivity contribution < 1.29 is 4.74 Å². The van der Waals surface area contributed by atoms with E-state index >= 15 is 0 Å². The lowest BCUT2D eigenvalue weighted by Crippen LogP contribution is -2.30. The topological polar surface area (TPSA) is 34.1 Å². The molecular weight excluding hydrogens is 200 g/mol. The summed E-state index contributed by atoms with van der Waals surface area (Å²) in [6.45, 7) is 1.92. The highest BCUT2D eigenvalue weighted by atomic mass is 16.5. The molecule has 2 rings (SSSR count). The Morgan fingerprint density at radius 3 is 3.25 bits per heavy atom. The largest absolute Gasteiger partial charge is 0.497 e. The lowest BCUT2D eigenvalue weighted by molar-refractivity contribution is 0.123. The number of rotatable bonds is 5. The van der Waals surface area contributed by atoms with Crippen LogP contribution in [0.4, 0.5) is 0 Å². The van der Waals surface area contributed by atoms with Gasteiger partial charge in [0.15, 0.2) is 0 Å². The van der Waals surface area contributed by atoms with E-state index in [0.717, 1.165) is 32.4 Å². The minimum atomic E-state index is 0.346. The summed E-state index contributed by atoms with van der Waals surface area (Å²) in [5.41, 5.74) is 1.28. The molecule has 1 aromatic rings. The molecule has 0 aliphatic carbocycles. The minimum Gasteiger partial charge on any atom is -0.497 e. The molecule has 3 nitrogen and oxygen atoms in total. The van der Waals surface area contributed by atoms with E-state index in [-0.39, 0.29) is 0 Å². The van der Waals surface area contributed by atoms with Crippen LogP contribution in [0.15, 0.2) is 36.9 Å². The molecule has 86 valence electrons. The minimum absolute atomic E-state index is 0.346. The monoisotopic (exact) mass is 218 g/mol. The summed E-state index contributed by atoms with van der Waals surface area (Å²) in [5, 5.41) is 3.42. The molecule has 16 heavy (non-hydrogen) atoms. The van der Waals surface area contributed by atoms with Gasteiger partial charge < -0.3 is 10.1 Å². The fraction of sp³-hybridized carbons (Fsp3) is 0.462. The summed E-state index contributed by atoms with van der Waals surface area (Å²) in [4.78, 5) is 4.09. The Hall–Kier alpha value is -1.35. The molecule has 0 fully saturated rings. The van der Waals surface area contributed by atoms with Gasteiger partial charge in [0.05, 0.1) is 6.26 Å². The van der Waals surface area contributed by atoms with Crippen LogP contribution in [-0.2, 0) is 11.2 Å². The Kier molecular flexibility index (Phi) is 4.37.